The van der Waals surface area contributed by atoms with Crippen LogP contribution in [-0.2, 0) is 10.0 Å². The molecule has 0 bridgehead atoms. The number of aromatic amines is 1. The van der Waals surface area contributed by atoms with E-state index in [9.17, 15) is 13.5 Å². The van der Waals surface area contributed by atoms with Crippen LogP contribution in [-0.4, -0.2) is 30.0 Å². The Bertz CT molecular complexity index is 581. The number of benzene rings is 1. The number of rotatable bonds is 5. The lowest BCUT2D eigenvalue weighted by molar-refractivity contribution is 0.182. The van der Waals surface area contributed by atoms with Crippen molar-refractivity contribution in [3.05, 3.63) is 48.4 Å². The first-order chi connectivity index (χ1) is 8.59. The molecule has 0 aliphatic carbocycles. The van der Waals surface area contributed by atoms with E-state index in [0.717, 1.165) is 0 Å². The number of H-pyrrole nitrogens is 1. The van der Waals surface area contributed by atoms with Crippen molar-refractivity contribution in [2.24, 2.45) is 0 Å². The summed E-state index contributed by atoms with van der Waals surface area (Å²) in [6.45, 7) is -0.0919. The fourth-order valence-electron chi connectivity index (χ4n) is 1.45. The van der Waals surface area contributed by atoms with Crippen LogP contribution in [0.4, 0.5) is 0 Å². The fourth-order valence-corrected chi connectivity index (χ4v) is 2.39. The van der Waals surface area contributed by atoms with Gasteiger partial charge in [0.05, 0.1) is 18.6 Å². The van der Waals surface area contributed by atoms with E-state index in [1.165, 1.54) is 12.5 Å². The second-order valence-corrected chi connectivity index (χ2v) is 5.43. The summed E-state index contributed by atoms with van der Waals surface area (Å²) in [5, 5.41) is 9.80. The van der Waals surface area contributed by atoms with E-state index in [2.05, 4.69) is 14.7 Å². The summed E-state index contributed by atoms with van der Waals surface area (Å²) in [5.41, 5.74) is 0.657. The highest BCUT2D eigenvalue weighted by atomic mass is 32.2. The van der Waals surface area contributed by atoms with E-state index < -0.39 is 16.1 Å². The van der Waals surface area contributed by atoms with Crippen LogP contribution in [0.1, 0.15) is 11.7 Å². The van der Waals surface area contributed by atoms with Crippen LogP contribution in [0.5, 0.6) is 0 Å². The van der Waals surface area contributed by atoms with Gasteiger partial charge in [-0.2, -0.15) is 0 Å². The quantitative estimate of drug-likeness (QED) is 0.731. The second kappa shape index (κ2) is 5.30. The number of sulfonamides is 1. The molecule has 6 nitrogen and oxygen atoms in total. The van der Waals surface area contributed by atoms with Gasteiger partial charge in [-0.1, -0.05) is 30.3 Å². The van der Waals surface area contributed by atoms with Crippen LogP contribution in [0, 0.1) is 0 Å². The minimum absolute atomic E-state index is 0.0252. The SMILES string of the molecule is O=S(=O)(NCC(O)c1ccccc1)c1cnc[nH]1. The third-order valence-electron chi connectivity index (χ3n) is 2.41. The lowest BCUT2D eigenvalue weighted by atomic mass is 10.1. The minimum atomic E-state index is -3.65. The highest BCUT2D eigenvalue weighted by molar-refractivity contribution is 7.89. The molecule has 0 radical (unpaired) electrons. The Balaban J connectivity index is 2.00. The molecular weight excluding hydrogens is 254 g/mol. The van der Waals surface area contributed by atoms with Crippen LogP contribution in [0.3, 0.4) is 0 Å². The van der Waals surface area contributed by atoms with E-state index in [-0.39, 0.29) is 11.6 Å². The molecule has 1 unspecified atom stereocenters. The third-order valence-corrected chi connectivity index (χ3v) is 3.76. The normalized spacial score (nSPS) is 13.4. The molecule has 0 aliphatic rings. The molecule has 1 atom stereocenters. The second-order valence-electron chi connectivity index (χ2n) is 3.69. The van der Waals surface area contributed by atoms with Gasteiger partial charge >= 0.3 is 0 Å². The topological polar surface area (TPSA) is 95.1 Å². The number of imidazole rings is 1. The number of nitrogens with one attached hydrogen (secondary N) is 2. The molecule has 0 aliphatic heterocycles. The fraction of sp³-hybridized carbons (Fsp3) is 0.182. The van der Waals surface area contributed by atoms with Crippen molar-refractivity contribution in [3.8, 4) is 0 Å². The molecule has 1 aromatic heterocycles. The van der Waals surface area contributed by atoms with Gasteiger partial charge in [0.2, 0.25) is 0 Å². The molecule has 0 amide bonds. The van der Waals surface area contributed by atoms with Gasteiger partial charge in [-0.05, 0) is 5.56 Å². The number of aromatic nitrogens is 2. The summed E-state index contributed by atoms with van der Waals surface area (Å²) in [5.74, 6) is 0. The van der Waals surface area contributed by atoms with Crippen LogP contribution >= 0.6 is 0 Å². The highest BCUT2D eigenvalue weighted by Gasteiger charge is 2.17. The van der Waals surface area contributed by atoms with Crippen molar-refractivity contribution in [1.29, 1.82) is 0 Å². The van der Waals surface area contributed by atoms with Crippen molar-refractivity contribution in [1.82, 2.24) is 14.7 Å². The summed E-state index contributed by atoms with van der Waals surface area (Å²) in [6.07, 6.45) is 1.60. The highest BCUT2D eigenvalue weighted by Crippen LogP contribution is 2.12. The summed E-state index contributed by atoms with van der Waals surface area (Å²) in [4.78, 5) is 6.13. The van der Waals surface area contributed by atoms with Gasteiger partial charge in [0.15, 0.2) is 5.03 Å². The van der Waals surface area contributed by atoms with E-state index >= 15 is 0 Å². The number of nitrogens with zero attached hydrogens (tertiary/aromatic N) is 1. The maximum Gasteiger partial charge on any atom is 0.257 e. The molecule has 3 N–H and O–H groups in total. The molecule has 96 valence electrons. The summed E-state index contributed by atoms with van der Waals surface area (Å²) >= 11 is 0. The molecule has 1 heterocycles. The van der Waals surface area contributed by atoms with Crippen LogP contribution in [0.15, 0.2) is 47.9 Å². The Morgan fingerprint density at radius 2 is 2.06 bits per heavy atom. The lowest BCUT2D eigenvalue weighted by Gasteiger charge is -2.11. The van der Waals surface area contributed by atoms with Crippen molar-refractivity contribution in [2.45, 2.75) is 11.1 Å². The van der Waals surface area contributed by atoms with Crippen molar-refractivity contribution in [3.63, 3.8) is 0 Å². The third kappa shape index (κ3) is 2.95. The monoisotopic (exact) mass is 267 g/mol. The first-order valence-electron chi connectivity index (χ1n) is 5.30. The van der Waals surface area contributed by atoms with E-state index in [4.69, 9.17) is 0 Å². The zero-order chi connectivity index (χ0) is 13.0. The molecule has 0 fully saturated rings. The van der Waals surface area contributed by atoms with E-state index in [0.29, 0.717) is 5.56 Å². The van der Waals surface area contributed by atoms with Crippen LogP contribution < -0.4 is 4.72 Å². The first-order valence-corrected chi connectivity index (χ1v) is 6.79. The van der Waals surface area contributed by atoms with E-state index in [1.54, 1.807) is 24.3 Å². The predicted octanol–water partition coefficient (Wildman–Crippen LogP) is 0.422. The first kappa shape index (κ1) is 12.7. The molecule has 0 saturated heterocycles. The molecule has 7 heteroatoms. The van der Waals surface area contributed by atoms with Crippen molar-refractivity contribution in [2.75, 3.05) is 6.54 Å². The van der Waals surface area contributed by atoms with Crippen molar-refractivity contribution < 1.29 is 13.5 Å². The summed E-state index contributed by atoms with van der Waals surface area (Å²) in [6, 6.07) is 8.85. The number of hydrogen-bond donors (Lipinski definition) is 3. The van der Waals surface area contributed by atoms with Crippen molar-refractivity contribution >= 4 is 10.0 Å². The molecular formula is C11H13N3O3S. The van der Waals surface area contributed by atoms with Gasteiger partial charge in [0, 0.05) is 6.54 Å². The maximum absolute atomic E-state index is 11.7. The van der Waals surface area contributed by atoms with Crippen LogP contribution in [0.25, 0.3) is 0 Å². The van der Waals surface area contributed by atoms with Gasteiger partial charge in [0.25, 0.3) is 10.0 Å². The predicted molar refractivity (Wildman–Crippen MR) is 65.2 cm³/mol. The number of aliphatic hydroxyl groups excluding tert-OH is 1. The van der Waals surface area contributed by atoms with Crippen LogP contribution in [0.2, 0.25) is 0 Å². The van der Waals surface area contributed by atoms with E-state index in [1.807, 2.05) is 6.07 Å². The Morgan fingerprint density at radius 1 is 1.33 bits per heavy atom. The molecule has 1 aromatic carbocycles. The Hall–Kier alpha value is -1.70. The number of aliphatic hydroxyl groups is 1. The summed E-state index contributed by atoms with van der Waals surface area (Å²) < 4.78 is 25.8. The molecule has 0 spiro atoms. The Morgan fingerprint density at radius 3 is 2.67 bits per heavy atom. The Labute approximate surface area is 105 Å². The zero-order valence-corrected chi connectivity index (χ0v) is 10.3. The standard InChI is InChI=1S/C11H13N3O3S/c15-10(9-4-2-1-3-5-9)6-14-18(16,17)11-7-12-8-13-11/h1-5,7-8,10,14-15H,6H2,(H,12,13). The van der Waals surface area contributed by atoms with Gasteiger partial charge in [-0.25, -0.2) is 18.1 Å². The largest absolute Gasteiger partial charge is 0.387 e. The molecule has 2 aromatic rings. The lowest BCUT2D eigenvalue weighted by Crippen LogP contribution is -2.28. The molecule has 2 rings (SSSR count). The minimum Gasteiger partial charge on any atom is -0.387 e. The van der Waals surface area contributed by atoms with Gasteiger partial charge < -0.3 is 10.1 Å². The zero-order valence-electron chi connectivity index (χ0n) is 9.45. The molecule has 0 saturated carbocycles. The average molecular weight is 267 g/mol. The number of hydrogen-bond acceptors (Lipinski definition) is 4. The average Bonchev–Trinajstić information content (AvgIpc) is 2.92. The summed E-state index contributed by atoms with van der Waals surface area (Å²) in [7, 11) is -3.65. The van der Waals surface area contributed by atoms with Gasteiger partial charge in [0.1, 0.15) is 0 Å². The smallest absolute Gasteiger partial charge is 0.257 e. The maximum atomic E-state index is 11.7. The Kier molecular flexibility index (Phi) is 3.75. The molecule has 18 heavy (non-hydrogen) atoms. The van der Waals surface area contributed by atoms with Gasteiger partial charge in [-0.15, -0.1) is 0 Å². The van der Waals surface area contributed by atoms with Gasteiger partial charge in [-0.3, -0.25) is 0 Å².